The second kappa shape index (κ2) is 9.45. The van der Waals surface area contributed by atoms with Crippen molar-refractivity contribution in [1.82, 2.24) is 0 Å². The van der Waals surface area contributed by atoms with Crippen molar-refractivity contribution in [2.45, 2.75) is 16.8 Å². The first-order valence-corrected chi connectivity index (χ1v) is 10.2. The molecule has 0 fully saturated rings. The quantitative estimate of drug-likeness (QED) is 0.414. The highest BCUT2D eigenvalue weighted by atomic mass is 35.5. The van der Waals surface area contributed by atoms with E-state index in [1.165, 1.54) is 19.2 Å². The van der Waals surface area contributed by atoms with E-state index in [1.54, 1.807) is 23.9 Å². The lowest BCUT2D eigenvalue weighted by molar-refractivity contribution is -0.136. The minimum atomic E-state index is -4.65. The average molecular weight is 452 g/mol. The lowest BCUT2D eigenvalue weighted by Gasteiger charge is -2.15. The van der Waals surface area contributed by atoms with Crippen LogP contribution in [0.2, 0.25) is 5.02 Å². The zero-order chi connectivity index (χ0) is 21.7. The third-order valence-electron chi connectivity index (χ3n) is 4.22. The maximum Gasteiger partial charge on any atom is 0.418 e. The van der Waals surface area contributed by atoms with E-state index in [2.05, 4.69) is 5.32 Å². The van der Waals surface area contributed by atoms with E-state index in [4.69, 9.17) is 16.3 Å². The van der Waals surface area contributed by atoms with Crippen LogP contribution in [0.25, 0.3) is 0 Å². The molecule has 0 unspecified atom stereocenters. The molecule has 0 spiro atoms. The summed E-state index contributed by atoms with van der Waals surface area (Å²) in [5.41, 5.74) is -0.377. The van der Waals surface area contributed by atoms with Crippen molar-refractivity contribution in [3.63, 3.8) is 0 Å². The fourth-order valence-electron chi connectivity index (χ4n) is 2.76. The van der Waals surface area contributed by atoms with Crippen molar-refractivity contribution in [3.8, 4) is 5.75 Å². The Hall–Kier alpha value is -2.64. The summed E-state index contributed by atoms with van der Waals surface area (Å²) in [6, 6.07) is 17.7. The summed E-state index contributed by atoms with van der Waals surface area (Å²) in [4.78, 5) is 13.7. The molecular formula is C22H17ClF3NO2S. The fourth-order valence-corrected chi connectivity index (χ4v) is 3.83. The standard InChI is InChI=1S/C22H17ClF3NO2S/c1-29-20-10-7-14(11-15(20)13-30-17-5-3-2-4-6-17)21(28)27-19-9-8-16(23)12-18(19)22(24,25)26/h2-12H,13H2,1H3,(H,27,28). The lowest BCUT2D eigenvalue weighted by Crippen LogP contribution is -2.17. The monoisotopic (exact) mass is 451 g/mol. The Morgan fingerprint density at radius 2 is 1.80 bits per heavy atom. The van der Waals surface area contributed by atoms with Gasteiger partial charge < -0.3 is 10.1 Å². The number of alkyl halides is 3. The molecule has 156 valence electrons. The van der Waals surface area contributed by atoms with Gasteiger partial charge in [-0.3, -0.25) is 4.79 Å². The Morgan fingerprint density at radius 1 is 1.07 bits per heavy atom. The van der Waals surface area contributed by atoms with Crippen LogP contribution in [0.5, 0.6) is 5.75 Å². The van der Waals surface area contributed by atoms with E-state index in [9.17, 15) is 18.0 Å². The van der Waals surface area contributed by atoms with Gasteiger partial charge in [-0.2, -0.15) is 13.2 Å². The molecule has 0 aromatic heterocycles. The van der Waals surface area contributed by atoms with E-state index in [-0.39, 0.29) is 16.3 Å². The van der Waals surface area contributed by atoms with Gasteiger partial charge in [-0.15, -0.1) is 11.8 Å². The van der Waals surface area contributed by atoms with Crippen LogP contribution < -0.4 is 10.1 Å². The van der Waals surface area contributed by atoms with Crippen LogP contribution in [0.4, 0.5) is 18.9 Å². The predicted octanol–water partition coefficient (Wildman–Crippen LogP) is 6.91. The Balaban J connectivity index is 1.83. The topological polar surface area (TPSA) is 38.3 Å². The van der Waals surface area contributed by atoms with Crippen molar-refractivity contribution in [1.29, 1.82) is 0 Å². The highest BCUT2D eigenvalue weighted by Crippen LogP contribution is 2.37. The van der Waals surface area contributed by atoms with Gasteiger partial charge >= 0.3 is 6.18 Å². The van der Waals surface area contributed by atoms with Gasteiger partial charge in [-0.05, 0) is 48.5 Å². The molecule has 0 radical (unpaired) electrons. The smallest absolute Gasteiger partial charge is 0.418 e. The number of halogens is 4. The Kier molecular flexibility index (Phi) is 6.95. The number of nitrogens with one attached hydrogen (secondary N) is 1. The van der Waals surface area contributed by atoms with Crippen LogP contribution in [0.1, 0.15) is 21.5 Å². The van der Waals surface area contributed by atoms with Crippen LogP contribution in [-0.4, -0.2) is 13.0 Å². The first-order chi connectivity index (χ1) is 14.3. The molecule has 0 aliphatic rings. The number of ether oxygens (including phenoxy) is 1. The summed E-state index contributed by atoms with van der Waals surface area (Å²) in [5.74, 6) is 0.470. The van der Waals surface area contributed by atoms with Crippen LogP contribution in [0, 0.1) is 0 Å². The third-order valence-corrected chi connectivity index (χ3v) is 5.51. The number of carbonyl (C=O) groups excluding carboxylic acids is 1. The van der Waals surface area contributed by atoms with Gasteiger partial charge in [0.1, 0.15) is 5.75 Å². The summed E-state index contributed by atoms with van der Waals surface area (Å²) in [7, 11) is 1.52. The van der Waals surface area contributed by atoms with Crippen molar-refractivity contribution >= 4 is 35.0 Å². The van der Waals surface area contributed by atoms with Crippen LogP contribution >= 0.6 is 23.4 Å². The zero-order valence-corrected chi connectivity index (χ0v) is 17.4. The number of carbonyl (C=O) groups is 1. The molecule has 3 aromatic rings. The Morgan fingerprint density at radius 3 is 2.47 bits per heavy atom. The number of hydrogen-bond donors (Lipinski definition) is 1. The first-order valence-electron chi connectivity index (χ1n) is 8.81. The molecule has 1 N–H and O–H groups in total. The van der Waals surface area contributed by atoms with Crippen molar-refractivity contribution in [2.75, 3.05) is 12.4 Å². The number of thioether (sulfide) groups is 1. The summed E-state index contributed by atoms with van der Waals surface area (Å²) < 4.78 is 45.2. The van der Waals surface area contributed by atoms with E-state index >= 15 is 0 Å². The minimum absolute atomic E-state index is 0.0648. The van der Waals surface area contributed by atoms with Crippen LogP contribution in [-0.2, 0) is 11.9 Å². The molecule has 1 amide bonds. The molecule has 3 rings (SSSR count). The highest BCUT2D eigenvalue weighted by Gasteiger charge is 2.34. The molecule has 0 saturated carbocycles. The molecule has 0 bridgehead atoms. The number of benzene rings is 3. The summed E-state index contributed by atoms with van der Waals surface area (Å²) in [6.07, 6.45) is -4.65. The number of hydrogen-bond acceptors (Lipinski definition) is 3. The number of methoxy groups -OCH3 is 1. The molecule has 3 aromatic carbocycles. The number of amides is 1. The number of rotatable bonds is 6. The first kappa shape index (κ1) is 22.1. The summed E-state index contributed by atoms with van der Waals surface area (Å²) in [5, 5.41) is 2.27. The number of anilines is 1. The van der Waals surface area contributed by atoms with E-state index in [0.29, 0.717) is 11.5 Å². The van der Waals surface area contributed by atoms with Crippen LogP contribution in [0.3, 0.4) is 0 Å². The largest absolute Gasteiger partial charge is 0.496 e. The molecular weight excluding hydrogens is 435 g/mol. The Bertz CT molecular complexity index is 1040. The van der Waals surface area contributed by atoms with Crippen molar-refractivity contribution in [2.24, 2.45) is 0 Å². The van der Waals surface area contributed by atoms with Gasteiger partial charge in [-0.25, -0.2) is 0 Å². The maximum atomic E-state index is 13.3. The van der Waals surface area contributed by atoms with Gasteiger partial charge in [0, 0.05) is 26.8 Å². The average Bonchev–Trinajstić information content (AvgIpc) is 2.73. The minimum Gasteiger partial charge on any atom is -0.496 e. The zero-order valence-electron chi connectivity index (χ0n) is 15.8. The van der Waals surface area contributed by atoms with E-state index < -0.39 is 17.6 Å². The van der Waals surface area contributed by atoms with Gasteiger partial charge in [0.15, 0.2) is 0 Å². The van der Waals surface area contributed by atoms with E-state index in [0.717, 1.165) is 22.6 Å². The van der Waals surface area contributed by atoms with E-state index in [1.807, 2.05) is 30.3 Å². The molecule has 3 nitrogen and oxygen atoms in total. The SMILES string of the molecule is COc1ccc(C(=O)Nc2ccc(Cl)cc2C(F)(F)F)cc1CSc1ccccc1. The second-order valence-corrected chi connectivity index (χ2v) is 7.76. The molecule has 0 heterocycles. The third kappa shape index (κ3) is 5.49. The predicted molar refractivity (Wildman–Crippen MR) is 113 cm³/mol. The Labute approximate surface area is 181 Å². The van der Waals surface area contributed by atoms with Gasteiger partial charge in [0.05, 0.1) is 18.4 Å². The molecule has 30 heavy (non-hydrogen) atoms. The fraction of sp³-hybridized carbons (Fsp3) is 0.136. The molecule has 0 aliphatic heterocycles. The van der Waals surface area contributed by atoms with Gasteiger partial charge in [-0.1, -0.05) is 29.8 Å². The van der Waals surface area contributed by atoms with Gasteiger partial charge in [0.25, 0.3) is 5.91 Å². The van der Waals surface area contributed by atoms with Crippen molar-refractivity contribution in [3.05, 3.63) is 88.4 Å². The molecule has 0 aliphatic carbocycles. The molecule has 0 saturated heterocycles. The molecule has 0 atom stereocenters. The lowest BCUT2D eigenvalue weighted by atomic mass is 10.1. The highest BCUT2D eigenvalue weighted by molar-refractivity contribution is 7.98. The second-order valence-electron chi connectivity index (χ2n) is 6.27. The van der Waals surface area contributed by atoms with Crippen molar-refractivity contribution < 1.29 is 22.7 Å². The maximum absolute atomic E-state index is 13.3. The van der Waals surface area contributed by atoms with Crippen LogP contribution in [0.15, 0.2) is 71.6 Å². The summed E-state index contributed by atoms with van der Waals surface area (Å²) in [6.45, 7) is 0. The normalized spacial score (nSPS) is 11.2. The molecule has 8 heteroatoms. The van der Waals surface area contributed by atoms with Gasteiger partial charge in [0.2, 0.25) is 0 Å². The summed E-state index contributed by atoms with van der Waals surface area (Å²) >= 11 is 7.25.